The molecular formula is C17H19F2NS. The van der Waals surface area contributed by atoms with Gasteiger partial charge >= 0.3 is 0 Å². The third-order valence-electron chi connectivity index (χ3n) is 3.16. The predicted molar refractivity (Wildman–Crippen MR) is 84.7 cm³/mol. The van der Waals surface area contributed by atoms with Crippen LogP contribution >= 0.6 is 11.8 Å². The molecule has 112 valence electrons. The van der Waals surface area contributed by atoms with Crippen molar-refractivity contribution in [3.63, 3.8) is 0 Å². The highest BCUT2D eigenvalue weighted by molar-refractivity contribution is 7.99. The fourth-order valence-corrected chi connectivity index (χ4v) is 3.26. The Labute approximate surface area is 128 Å². The monoisotopic (exact) mass is 307 g/mol. The van der Waals surface area contributed by atoms with E-state index in [4.69, 9.17) is 0 Å². The average molecular weight is 307 g/mol. The number of thioether (sulfide) groups is 1. The molecule has 0 fully saturated rings. The molecule has 0 heterocycles. The zero-order valence-electron chi connectivity index (χ0n) is 12.2. The Morgan fingerprint density at radius 2 is 1.90 bits per heavy atom. The van der Waals surface area contributed by atoms with Gasteiger partial charge in [0.2, 0.25) is 0 Å². The lowest BCUT2D eigenvalue weighted by Crippen LogP contribution is -2.23. The minimum Gasteiger partial charge on any atom is -0.309 e. The molecule has 0 radical (unpaired) electrons. The van der Waals surface area contributed by atoms with Crippen LogP contribution in [0.4, 0.5) is 8.78 Å². The van der Waals surface area contributed by atoms with Crippen molar-refractivity contribution in [3.8, 4) is 0 Å². The summed E-state index contributed by atoms with van der Waals surface area (Å²) in [5, 5.41) is 3.33. The van der Waals surface area contributed by atoms with Gasteiger partial charge in [-0.3, -0.25) is 0 Å². The summed E-state index contributed by atoms with van der Waals surface area (Å²) in [4.78, 5) is 0.619. The van der Waals surface area contributed by atoms with Crippen LogP contribution in [-0.2, 0) is 0 Å². The number of hydrogen-bond acceptors (Lipinski definition) is 2. The average Bonchev–Trinajstić information content (AvgIpc) is 2.44. The maximum atomic E-state index is 13.7. The Morgan fingerprint density at radius 1 is 1.14 bits per heavy atom. The van der Waals surface area contributed by atoms with Gasteiger partial charge in [-0.1, -0.05) is 25.1 Å². The van der Waals surface area contributed by atoms with Crippen LogP contribution in [0.3, 0.4) is 0 Å². The van der Waals surface area contributed by atoms with E-state index in [0.29, 0.717) is 10.6 Å². The van der Waals surface area contributed by atoms with Gasteiger partial charge in [-0.05, 0) is 48.9 Å². The molecule has 0 aliphatic carbocycles. The molecule has 1 atom stereocenters. The first-order chi connectivity index (χ1) is 10.1. The van der Waals surface area contributed by atoms with Crippen molar-refractivity contribution in [1.82, 2.24) is 5.32 Å². The first-order valence-corrected chi connectivity index (χ1v) is 7.96. The topological polar surface area (TPSA) is 12.0 Å². The van der Waals surface area contributed by atoms with Crippen LogP contribution in [0.25, 0.3) is 0 Å². The van der Waals surface area contributed by atoms with Crippen LogP contribution in [-0.4, -0.2) is 12.3 Å². The van der Waals surface area contributed by atoms with Crippen molar-refractivity contribution in [2.24, 2.45) is 0 Å². The van der Waals surface area contributed by atoms with Gasteiger partial charge in [0.25, 0.3) is 0 Å². The molecule has 2 aromatic rings. The Hall–Kier alpha value is -1.39. The molecule has 0 aliphatic heterocycles. The van der Waals surface area contributed by atoms with Crippen molar-refractivity contribution in [3.05, 3.63) is 65.2 Å². The zero-order valence-corrected chi connectivity index (χ0v) is 13.0. The van der Waals surface area contributed by atoms with Gasteiger partial charge in [0.1, 0.15) is 11.6 Å². The van der Waals surface area contributed by atoms with E-state index < -0.39 is 0 Å². The van der Waals surface area contributed by atoms with Crippen molar-refractivity contribution in [2.75, 3.05) is 12.3 Å². The largest absolute Gasteiger partial charge is 0.309 e. The standard InChI is InChI=1S/C17H19F2NS/c1-3-20-16(13-8-12(2)9-14(18)10-13)11-21-17-7-5-4-6-15(17)19/h4-10,16,20H,3,11H2,1-2H3. The Bertz CT molecular complexity index is 581. The molecule has 0 saturated heterocycles. The molecule has 0 aromatic heterocycles. The van der Waals surface area contributed by atoms with Crippen molar-refractivity contribution in [2.45, 2.75) is 24.8 Å². The second-order valence-electron chi connectivity index (χ2n) is 4.91. The fourth-order valence-electron chi connectivity index (χ4n) is 2.22. The molecule has 0 spiro atoms. The predicted octanol–water partition coefficient (Wildman–Crippen LogP) is 4.72. The lowest BCUT2D eigenvalue weighted by molar-refractivity contribution is 0.584. The van der Waals surface area contributed by atoms with E-state index in [0.717, 1.165) is 17.7 Å². The van der Waals surface area contributed by atoms with Crippen molar-refractivity contribution >= 4 is 11.8 Å². The summed E-state index contributed by atoms with van der Waals surface area (Å²) >= 11 is 1.44. The number of halogens is 2. The maximum absolute atomic E-state index is 13.7. The SMILES string of the molecule is CCNC(CSc1ccccc1F)c1cc(C)cc(F)c1. The highest BCUT2D eigenvalue weighted by atomic mass is 32.2. The van der Waals surface area contributed by atoms with E-state index >= 15 is 0 Å². The van der Waals surface area contributed by atoms with Crippen LogP contribution in [0, 0.1) is 18.6 Å². The van der Waals surface area contributed by atoms with Gasteiger partial charge in [-0.2, -0.15) is 0 Å². The molecule has 2 aromatic carbocycles. The Kier molecular flexibility index (Phi) is 5.76. The zero-order chi connectivity index (χ0) is 15.2. The first-order valence-electron chi connectivity index (χ1n) is 6.98. The van der Waals surface area contributed by atoms with Crippen LogP contribution in [0.2, 0.25) is 0 Å². The van der Waals surface area contributed by atoms with Gasteiger partial charge in [-0.15, -0.1) is 11.8 Å². The summed E-state index contributed by atoms with van der Waals surface area (Å²) in [5.74, 6) is 0.203. The fraction of sp³-hybridized carbons (Fsp3) is 0.294. The molecule has 0 amide bonds. The van der Waals surface area contributed by atoms with Gasteiger partial charge in [0.15, 0.2) is 0 Å². The van der Waals surface area contributed by atoms with Gasteiger partial charge in [0, 0.05) is 16.7 Å². The number of aryl methyl sites for hydroxylation is 1. The summed E-state index contributed by atoms with van der Waals surface area (Å²) < 4.78 is 27.2. The Balaban J connectivity index is 2.14. The second-order valence-corrected chi connectivity index (χ2v) is 5.98. The minimum absolute atomic E-state index is 0.00555. The summed E-state index contributed by atoms with van der Waals surface area (Å²) in [7, 11) is 0. The first kappa shape index (κ1) is 16.0. The van der Waals surface area contributed by atoms with Gasteiger partial charge in [-0.25, -0.2) is 8.78 Å². The molecule has 4 heteroatoms. The van der Waals surface area contributed by atoms with Crippen molar-refractivity contribution in [1.29, 1.82) is 0 Å². The normalized spacial score (nSPS) is 12.4. The van der Waals surface area contributed by atoms with E-state index in [9.17, 15) is 8.78 Å². The molecule has 0 saturated carbocycles. The summed E-state index contributed by atoms with van der Waals surface area (Å²) in [6, 6.07) is 11.7. The molecule has 1 unspecified atom stereocenters. The van der Waals surface area contributed by atoms with E-state index in [1.54, 1.807) is 18.2 Å². The summed E-state index contributed by atoms with van der Waals surface area (Å²) in [6.45, 7) is 4.66. The number of rotatable bonds is 6. The quantitative estimate of drug-likeness (QED) is 0.775. The van der Waals surface area contributed by atoms with E-state index in [1.165, 1.54) is 23.9 Å². The van der Waals surface area contributed by atoms with Crippen molar-refractivity contribution < 1.29 is 8.78 Å². The molecule has 0 bridgehead atoms. The molecule has 21 heavy (non-hydrogen) atoms. The third-order valence-corrected chi connectivity index (χ3v) is 4.30. The molecule has 1 N–H and O–H groups in total. The van der Waals surface area contributed by atoms with Gasteiger partial charge < -0.3 is 5.32 Å². The van der Waals surface area contributed by atoms with Crippen LogP contribution in [0.1, 0.15) is 24.1 Å². The Morgan fingerprint density at radius 3 is 2.57 bits per heavy atom. The van der Waals surface area contributed by atoms with Gasteiger partial charge in [0.05, 0.1) is 0 Å². The smallest absolute Gasteiger partial charge is 0.136 e. The minimum atomic E-state index is -0.233. The van der Waals surface area contributed by atoms with Crippen LogP contribution in [0.15, 0.2) is 47.4 Å². The maximum Gasteiger partial charge on any atom is 0.136 e. The second kappa shape index (κ2) is 7.57. The number of hydrogen-bond donors (Lipinski definition) is 1. The summed E-state index contributed by atoms with van der Waals surface area (Å²) in [6.07, 6.45) is 0. The lowest BCUT2D eigenvalue weighted by Gasteiger charge is -2.19. The molecule has 0 aliphatic rings. The van der Waals surface area contributed by atoms with Crippen LogP contribution < -0.4 is 5.32 Å². The number of benzene rings is 2. The third kappa shape index (κ3) is 4.55. The molecular weight excluding hydrogens is 288 g/mol. The van der Waals surface area contributed by atoms with E-state index in [-0.39, 0.29) is 17.7 Å². The van der Waals surface area contributed by atoms with Crippen LogP contribution in [0.5, 0.6) is 0 Å². The highest BCUT2D eigenvalue weighted by Gasteiger charge is 2.13. The molecule has 1 nitrogen and oxygen atoms in total. The van der Waals surface area contributed by atoms with E-state index in [2.05, 4.69) is 5.32 Å². The number of nitrogens with one attached hydrogen (secondary N) is 1. The highest BCUT2D eigenvalue weighted by Crippen LogP contribution is 2.27. The summed E-state index contributed by atoms with van der Waals surface area (Å²) in [5.41, 5.74) is 1.79. The molecule has 2 rings (SSSR count). The lowest BCUT2D eigenvalue weighted by atomic mass is 10.1. The van der Waals surface area contributed by atoms with E-state index in [1.807, 2.05) is 26.0 Å².